The lowest BCUT2D eigenvalue weighted by atomic mass is 9.68. The second-order valence-electron chi connectivity index (χ2n) is 7.31. The van der Waals surface area contributed by atoms with E-state index in [2.05, 4.69) is 13.8 Å². The highest BCUT2D eigenvalue weighted by Crippen LogP contribution is 2.44. The van der Waals surface area contributed by atoms with Crippen molar-refractivity contribution in [3.63, 3.8) is 0 Å². The van der Waals surface area contributed by atoms with Crippen LogP contribution in [0.5, 0.6) is 0 Å². The van der Waals surface area contributed by atoms with Crippen molar-refractivity contribution in [1.29, 1.82) is 0 Å². The molecule has 2 fully saturated rings. The van der Waals surface area contributed by atoms with Gasteiger partial charge in [0.05, 0.1) is 5.60 Å². The Morgan fingerprint density at radius 1 is 0.850 bits per heavy atom. The van der Waals surface area contributed by atoms with Gasteiger partial charge in [0, 0.05) is 6.61 Å². The van der Waals surface area contributed by atoms with Crippen LogP contribution >= 0.6 is 0 Å². The van der Waals surface area contributed by atoms with Crippen LogP contribution in [0.2, 0.25) is 0 Å². The van der Waals surface area contributed by atoms with Crippen molar-refractivity contribution in [3.05, 3.63) is 0 Å². The van der Waals surface area contributed by atoms with Gasteiger partial charge in [0.25, 0.3) is 0 Å². The summed E-state index contributed by atoms with van der Waals surface area (Å²) in [5.41, 5.74) is 0.259. The number of hydrogen-bond donors (Lipinski definition) is 0. The summed E-state index contributed by atoms with van der Waals surface area (Å²) in [6.07, 6.45) is 18.4. The maximum Gasteiger partial charge on any atom is 0.0682 e. The Labute approximate surface area is 126 Å². The third kappa shape index (κ3) is 4.48. The van der Waals surface area contributed by atoms with E-state index in [0.717, 1.165) is 18.4 Å². The van der Waals surface area contributed by atoms with Crippen LogP contribution in [0.4, 0.5) is 0 Å². The SMILES string of the molecule is CCCCC[C@]1(OCC)CC[C@@H](C2CCCCC2)CC1. The Morgan fingerprint density at radius 2 is 1.50 bits per heavy atom. The summed E-state index contributed by atoms with van der Waals surface area (Å²) >= 11 is 0. The number of ether oxygens (including phenoxy) is 1. The highest BCUT2D eigenvalue weighted by molar-refractivity contribution is 4.89. The Bertz CT molecular complexity index is 246. The molecule has 0 spiro atoms. The lowest BCUT2D eigenvalue weighted by Gasteiger charge is -2.43. The molecule has 0 aromatic rings. The van der Waals surface area contributed by atoms with Crippen LogP contribution in [0, 0.1) is 11.8 Å². The van der Waals surface area contributed by atoms with Gasteiger partial charge in [-0.15, -0.1) is 0 Å². The van der Waals surface area contributed by atoms with Gasteiger partial charge in [-0.25, -0.2) is 0 Å². The number of hydrogen-bond acceptors (Lipinski definition) is 1. The molecule has 0 aliphatic heterocycles. The van der Waals surface area contributed by atoms with Crippen molar-refractivity contribution in [2.75, 3.05) is 6.61 Å². The fraction of sp³-hybridized carbons (Fsp3) is 1.00. The molecular formula is C19H36O. The van der Waals surface area contributed by atoms with Crippen molar-refractivity contribution in [2.24, 2.45) is 11.8 Å². The molecule has 0 aromatic heterocycles. The Kier molecular flexibility index (Phi) is 6.87. The lowest BCUT2D eigenvalue weighted by Crippen LogP contribution is -2.39. The molecule has 2 aliphatic carbocycles. The largest absolute Gasteiger partial charge is 0.375 e. The molecule has 0 heterocycles. The summed E-state index contributed by atoms with van der Waals surface area (Å²) < 4.78 is 6.25. The van der Waals surface area contributed by atoms with Gasteiger partial charge in [-0.1, -0.05) is 58.3 Å². The summed E-state index contributed by atoms with van der Waals surface area (Å²) in [6.45, 7) is 5.38. The van der Waals surface area contributed by atoms with E-state index in [0.29, 0.717) is 0 Å². The minimum absolute atomic E-state index is 0.259. The van der Waals surface area contributed by atoms with E-state index in [4.69, 9.17) is 4.74 Å². The van der Waals surface area contributed by atoms with Gasteiger partial charge >= 0.3 is 0 Å². The van der Waals surface area contributed by atoms with Crippen molar-refractivity contribution < 1.29 is 4.74 Å². The van der Waals surface area contributed by atoms with E-state index >= 15 is 0 Å². The Balaban J connectivity index is 1.81. The summed E-state index contributed by atoms with van der Waals surface area (Å²) in [4.78, 5) is 0. The summed E-state index contributed by atoms with van der Waals surface area (Å²) in [5, 5.41) is 0. The highest BCUT2D eigenvalue weighted by Gasteiger charge is 2.37. The van der Waals surface area contributed by atoms with Crippen molar-refractivity contribution in [1.82, 2.24) is 0 Å². The van der Waals surface area contributed by atoms with Gasteiger partial charge in [0.1, 0.15) is 0 Å². The zero-order valence-corrected chi connectivity index (χ0v) is 14.0. The van der Waals surface area contributed by atoms with Gasteiger partial charge < -0.3 is 4.74 Å². The normalized spacial score (nSPS) is 32.4. The molecule has 0 radical (unpaired) electrons. The van der Waals surface area contributed by atoms with Crippen molar-refractivity contribution in [2.45, 2.75) is 103 Å². The van der Waals surface area contributed by atoms with Crippen LogP contribution in [-0.2, 0) is 4.74 Å². The summed E-state index contributed by atoms with van der Waals surface area (Å²) in [5.74, 6) is 2.08. The van der Waals surface area contributed by atoms with Crippen LogP contribution < -0.4 is 0 Å². The zero-order chi connectivity index (χ0) is 14.3. The molecule has 1 heteroatoms. The van der Waals surface area contributed by atoms with Gasteiger partial charge in [-0.05, 0) is 50.9 Å². The van der Waals surface area contributed by atoms with Gasteiger partial charge in [0.2, 0.25) is 0 Å². The van der Waals surface area contributed by atoms with Crippen LogP contribution in [-0.4, -0.2) is 12.2 Å². The minimum Gasteiger partial charge on any atom is -0.375 e. The number of unbranched alkanes of at least 4 members (excludes halogenated alkanes) is 2. The first-order valence-corrected chi connectivity index (χ1v) is 9.43. The maximum absolute atomic E-state index is 6.25. The van der Waals surface area contributed by atoms with E-state index in [1.807, 2.05) is 0 Å². The molecular weight excluding hydrogens is 244 g/mol. The fourth-order valence-electron chi connectivity index (χ4n) is 4.71. The van der Waals surface area contributed by atoms with Crippen molar-refractivity contribution in [3.8, 4) is 0 Å². The first kappa shape index (κ1) is 16.3. The second-order valence-corrected chi connectivity index (χ2v) is 7.31. The first-order chi connectivity index (χ1) is 9.79. The maximum atomic E-state index is 6.25. The quantitative estimate of drug-likeness (QED) is 0.511. The standard InChI is InChI=1S/C19H36O/c1-3-5-9-14-19(20-4-2)15-12-18(13-16-19)17-10-7-6-8-11-17/h17-18H,3-16H2,1-2H3/t18-,19+. The molecule has 0 N–H and O–H groups in total. The molecule has 0 amide bonds. The van der Waals surface area contributed by atoms with Crippen LogP contribution in [0.25, 0.3) is 0 Å². The second kappa shape index (κ2) is 8.41. The topological polar surface area (TPSA) is 9.23 Å². The average Bonchev–Trinajstić information content (AvgIpc) is 2.50. The molecule has 2 aliphatic rings. The average molecular weight is 280 g/mol. The third-order valence-electron chi connectivity index (χ3n) is 5.94. The molecule has 0 unspecified atom stereocenters. The molecule has 118 valence electrons. The summed E-state index contributed by atoms with van der Waals surface area (Å²) in [7, 11) is 0. The van der Waals surface area contributed by atoms with Gasteiger partial charge in [0.15, 0.2) is 0 Å². The van der Waals surface area contributed by atoms with Crippen LogP contribution in [0.15, 0.2) is 0 Å². The van der Waals surface area contributed by atoms with E-state index in [1.54, 1.807) is 0 Å². The van der Waals surface area contributed by atoms with Gasteiger partial charge in [-0.2, -0.15) is 0 Å². The molecule has 20 heavy (non-hydrogen) atoms. The highest BCUT2D eigenvalue weighted by atomic mass is 16.5. The number of rotatable bonds is 7. The molecule has 0 aromatic carbocycles. The summed E-state index contributed by atoms with van der Waals surface area (Å²) in [6, 6.07) is 0. The molecule has 1 nitrogen and oxygen atoms in total. The molecule has 0 saturated heterocycles. The first-order valence-electron chi connectivity index (χ1n) is 9.43. The fourth-order valence-corrected chi connectivity index (χ4v) is 4.71. The Morgan fingerprint density at radius 3 is 2.10 bits per heavy atom. The van der Waals surface area contributed by atoms with E-state index < -0.39 is 0 Å². The predicted molar refractivity (Wildman–Crippen MR) is 87.0 cm³/mol. The third-order valence-corrected chi connectivity index (χ3v) is 5.94. The van der Waals surface area contributed by atoms with Crippen LogP contribution in [0.3, 0.4) is 0 Å². The molecule has 2 saturated carbocycles. The smallest absolute Gasteiger partial charge is 0.0682 e. The molecule has 0 atom stereocenters. The van der Waals surface area contributed by atoms with E-state index in [1.165, 1.54) is 83.5 Å². The van der Waals surface area contributed by atoms with Crippen molar-refractivity contribution >= 4 is 0 Å². The lowest BCUT2D eigenvalue weighted by molar-refractivity contribution is -0.0850. The predicted octanol–water partition coefficient (Wildman–Crippen LogP) is 6.11. The Hall–Kier alpha value is -0.0400. The zero-order valence-electron chi connectivity index (χ0n) is 14.0. The minimum atomic E-state index is 0.259. The molecule has 2 rings (SSSR count). The van der Waals surface area contributed by atoms with E-state index in [9.17, 15) is 0 Å². The molecule has 0 bridgehead atoms. The van der Waals surface area contributed by atoms with Gasteiger partial charge in [-0.3, -0.25) is 0 Å². The monoisotopic (exact) mass is 280 g/mol. The van der Waals surface area contributed by atoms with E-state index in [-0.39, 0.29) is 5.60 Å². The van der Waals surface area contributed by atoms with Crippen LogP contribution in [0.1, 0.15) is 97.3 Å².